The quantitative estimate of drug-likeness (QED) is 0.799. The number of hydrogen-bond acceptors (Lipinski definition) is 7. The topological polar surface area (TPSA) is 111 Å². The SMILES string of the molecule is CCn1cnnc1CNC(=O)c1noc(C2CCCN2)n1. The van der Waals surface area contributed by atoms with Crippen molar-refractivity contribution in [2.75, 3.05) is 6.54 Å². The fraction of sp³-hybridized carbons (Fsp3) is 0.583. The summed E-state index contributed by atoms with van der Waals surface area (Å²) >= 11 is 0. The van der Waals surface area contributed by atoms with Crippen molar-refractivity contribution in [3.8, 4) is 0 Å². The summed E-state index contributed by atoms with van der Waals surface area (Å²) < 4.78 is 6.99. The number of hydrogen-bond donors (Lipinski definition) is 2. The maximum atomic E-state index is 12.0. The van der Waals surface area contributed by atoms with Gasteiger partial charge in [-0.25, -0.2) is 0 Å². The van der Waals surface area contributed by atoms with E-state index in [0.29, 0.717) is 11.7 Å². The molecule has 0 radical (unpaired) electrons. The lowest BCUT2D eigenvalue weighted by molar-refractivity contribution is 0.0936. The molecule has 112 valence electrons. The summed E-state index contributed by atoms with van der Waals surface area (Å²) in [5, 5.41) is 17.4. The lowest BCUT2D eigenvalue weighted by Gasteiger charge is -2.03. The van der Waals surface area contributed by atoms with Crippen molar-refractivity contribution >= 4 is 5.91 Å². The van der Waals surface area contributed by atoms with Crippen molar-refractivity contribution in [3.05, 3.63) is 23.9 Å². The van der Waals surface area contributed by atoms with Gasteiger partial charge in [-0.3, -0.25) is 4.79 Å². The molecule has 0 saturated carbocycles. The van der Waals surface area contributed by atoms with Gasteiger partial charge in [0.1, 0.15) is 6.33 Å². The van der Waals surface area contributed by atoms with Crippen LogP contribution in [0.25, 0.3) is 0 Å². The van der Waals surface area contributed by atoms with Gasteiger partial charge in [0.05, 0.1) is 12.6 Å². The highest BCUT2D eigenvalue weighted by atomic mass is 16.5. The molecule has 1 atom stereocenters. The highest BCUT2D eigenvalue weighted by Gasteiger charge is 2.24. The van der Waals surface area contributed by atoms with E-state index < -0.39 is 0 Å². The Labute approximate surface area is 121 Å². The van der Waals surface area contributed by atoms with Crippen LogP contribution in [0.3, 0.4) is 0 Å². The van der Waals surface area contributed by atoms with Crippen LogP contribution in [0.1, 0.15) is 48.1 Å². The monoisotopic (exact) mass is 291 g/mol. The number of rotatable bonds is 5. The molecule has 9 nitrogen and oxygen atoms in total. The summed E-state index contributed by atoms with van der Waals surface area (Å²) in [4.78, 5) is 16.1. The van der Waals surface area contributed by atoms with Crippen LogP contribution >= 0.6 is 0 Å². The van der Waals surface area contributed by atoms with Gasteiger partial charge < -0.3 is 19.7 Å². The van der Waals surface area contributed by atoms with Gasteiger partial charge in [-0.2, -0.15) is 4.98 Å². The van der Waals surface area contributed by atoms with Gasteiger partial charge in [-0.15, -0.1) is 10.2 Å². The first-order valence-corrected chi connectivity index (χ1v) is 6.99. The van der Waals surface area contributed by atoms with Crippen molar-refractivity contribution in [2.45, 2.75) is 38.9 Å². The molecule has 0 bridgehead atoms. The summed E-state index contributed by atoms with van der Waals surface area (Å²) in [5.74, 6) is 0.816. The Kier molecular flexibility index (Phi) is 3.91. The maximum absolute atomic E-state index is 12.0. The van der Waals surface area contributed by atoms with Gasteiger partial charge >= 0.3 is 0 Å². The smallest absolute Gasteiger partial charge is 0.293 e. The molecule has 21 heavy (non-hydrogen) atoms. The van der Waals surface area contributed by atoms with Crippen LogP contribution in [-0.4, -0.2) is 37.4 Å². The van der Waals surface area contributed by atoms with Crippen LogP contribution in [0.5, 0.6) is 0 Å². The van der Waals surface area contributed by atoms with Crippen molar-refractivity contribution < 1.29 is 9.32 Å². The number of nitrogens with zero attached hydrogens (tertiary/aromatic N) is 5. The molecule has 2 aromatic heterocycles. The Bertz CT molecular complexity index is 615. The Morgan fingerprint density at radius 1 is 1.62 bits per heavy atom. The first kappa shape index (κ1) is 13.7. The molecule has 0 spiro atoms. The molecular formula is C12H17N7O2. The minimum Gasteiger partial charge on any atom is -0.342 e. The van der Waals surface area contributed by atoms with Crippen LogP contribution in [0.4, 0.5) is 0 Å². The van der Waals surface area contributed by atoms with Crippen LogP contribution < -0.4 is 10.6 Å². The number of aromatic nitrogens is 5. The minimum atomic E-state index is -0.381. The Morgan fingerprint density at radius 2 is 2.52 bits per heavy atom. The van der Waals surface area contributed by atoms with Crippen LogP contribution in [0.2, 0.25) is 0 Å². The first-order chi connectivity index (χ1) is 10.3. The molecule has 2 aromatic rings. The second-order valence-corrected chi connectivity index (χ2v) is 4.82. The van der Waals surface area contributed by atoms with Gasteiger partial charge in [-0.05, 0) is 26.3 Å². The molecule has 2 N–H and O–H groups in total. The van der Waals surface area contributed by atoms with E-state index in [1.165, 1.54) is 0 Å². The second-order valence-electron chi connectivity index (χ2n) is 4.82. The Balaban J connectivity index is 1.60. The van der Waals surface area contributed by atoms with Crippen LogP contribution in [0.15, 0.2) is 10.9 Å². The summed E-state index contributed by atoms with van der Waals surface area (Å²) in [6, 6.07) is 0.0576. The summed E-state index contributed by atoms with van der Waals surface area (Å²) in [5.41, 5.74) is 0. The Hall–Kier alpha value is -2.29. The summed E-state index contributed by atoms with van der Waals surface area (Å²) in [6.45, 7) is 3.94. The number of carbonyl (C=O) groups excluding carboxylic acids is 1. The average Bonchev–Trinajstić information content (AvgIpc) is 3.24. The van der Waals surface area contributed by atoms with Gasteiger partial charge in [0.25, 0.3) is 11.7 Å². The predicted octanol–water partition coefficient (Wildman–Crippen LogP) is 0.0355. The molecule has 1 amide bonds. The van der Waals surface area contributed by atoms with E-state index in [0.717, 1.165) is 25.9 Å². The average molecular weight is 291 g/mol. The molecule has 1 unspecified atom stereocenters. The molecular weight excluding hydrogens is 274 g/mol. The van der Waals surface area contributed by atoms with Gasteiger partial charge in [0.2, 0.25) is 5.89 Å². The number of amides is 1. The second kappa shape index (κ2) is 6.00. The molecule has 0 aromatic carbocycles. The zero-order valence-electron chi connectivity index (χ0n) is 11.7. The van der Waals surface area contributed by atoms with E-state index in [4.69, 9.17) is 4.52 Å². The molecule has 0 aliphatic carbocycles. The molecule has 3 rings (SSSR count). The number of nitrogens with one attached hydrogen (secondary N) is 2. The van der Waals surface area contributed by atoms with Crippen molar-refractivity contribution in [2.24, 2.45) is 0 Å². The molecule has 1 fully saturated rings. The van der Waals surface area contributed by atoms with Crippen molar-refractivity contribution in [1.82, 2.24) is 35.5 Å². The zero-order valence-corrected chi connectivity index (χ0v) is 11.7. The minimum absolute atomic E-state index is 0.0428. The van der Waals surface area contributed by atoms with E-state index in [1.807, 2.05) is 11.5 Å². The Morgan fingerprint density at radius 3 is 3.29 bits per heavy atom. The summed E-state index contributed by atoms with van der Waals surface area (Å²) in [6.07, 6.45) is 3.64. The van der Waals surface area contributed by atoms with E-state index in [2.05, 4.69) is 31.0 Å². The normalized spacial score (nSPS) is 18.0. The molecule has 3 heterocycles. The van der Waals surface area contributed by atoms with Gasteiger partial charge in [0.15, 0.2) is 5.82 Å². The predicted molar refractivity (Wildman–Crippen MR) is 71.1 cm³/mol. The maximum Gasteiger partial charge on any atom is 0.293 e. The fourth-order valence-electron chi connectivity index (χ4n) is 2.28. The summed E-state index contributed by atoms with van der Waals surface area (Å²) in [7, 11) is 0. The number of carbonyl (C=O) groups is 1. The first-order valence-electron chi connectivity index (χ1n) is 6.99. The lowest BCUT2D eigenvalue weighted by atomic mass is 10.2. The van der Waals surface area contributed by atoms with Gasteiger partial charge in [0, 0.05) is 6.54 Å². The van der Waals surface area contributed by atoms with E-state index in [9.17, 15) is 4.79 Å². The largest absolute Gasteiger partial charge is 0.342 e. The highest BCUT2D eigenvalue weighted by Crippen LogP contribution is 2.20. The van der Waals surface area contributed by atoms with E-state index in [1.54, 1.807) is 6.33 Å². The van der Waals surface area contributed by atoms with Crippen molar-refractivity contribution in [3.63, 3.8) is 0 Å². The number of aryl methyl sites for hydroxylation is 1. The van der Waals surface area contributed by atoms with E-state index in [-0.39, 0.29) is 24.3 Å². The molecule has 9 heteroatoms. The molecule has 1 saturated heterocycles. The standard InChI is InChI=1S/C12H17N7O2/c1-2-19-7-15-17-9(19)6-14-11(20)10-16-12(21-18-10)8-4-3-5-13-8/h7-8,13H,2-6H2,1H3,(H,14,20). The van der Waals surface area contributed by atoms with Crippen molar-refractivity contribution in [1.29, 1.82) is 0 Å². The third-order valence-electron chi connectivity index (χ3n) is 3.45. The van der Waals surface area contributed by atoms with Gasteiger partial charge in [-0.1, -0.05) is 5.16 Å². The lowest BCUT2D eigenvalue weighted by Crippen LogP contribution is -2.25. The third-order valence-corrected chi connectivity index (χ3v) is 3.45. The van der Waals surface area contributed by atoms with Crippen LogP contribution in [0, 0.1) is 0 Å². The molecule has 1 aliphatic heterocycles. The molecule has 1 aliphatic rings. The highest BCUT2D eigenvalue weighted by molar-refractivity contribution is 5.90. The fourth-order valence-corrected chi connectivity index (χ4v) is 2.28. The van der Waals surface area contributed by atoms with E-state index >= 15 is 0 Å². The zero-order chi connectivity index (χ0) is 14.7. The third kappa shape index (κ3) is 2.92. The van der Waals surface area contributed by atoms with Crippen LogP contribution in [-0.2, 0) is 13.1 Å².